The van der Waals surface area contributed by atoms with E-state index in [2.05, 4.69) is 59.2 Å². The van der Waals surface area contributed by atoms with Gasteiger partial charge in [0.2, 0.25) is 0 Å². The highest BCUT2D eigenvalue weighted by atomic mass is 15.0. The van der Waals surface area contributed by atoms with Crippen molar-refractivity contribution < 1.29 is 0 Å². The molecule has 2 aromatic rings. The average molecular weight is 257 g/mol. The zero-order valence-electron chi connectivity index (χ0n) is 11.8. The predicted octanol–water partition coefficient (Wildman–Crippen LogP) is 3.09. The number of hydrogen-bond acceptors (Lipinski definition) is 2. The number of benzene rings is 1. The molecule has 3 nitrogen and oxygen atoms in total. The zero-order valence-corrected chi connectivity index (χ0v) is 11.8. The Kier molecular flexibility index (Phi) is 5.16. The van der Waals surface area contributed by atoms with Gasteiger partial charge in [-0.15, -0.1) is 0 Å². The minimum Gasteiger partial charge on any atom is -0.338 e. The van der Waals surface area contributed by atoms with Gasteiger partial charge in [-0.2, -0.15) is 0 Å². The first kappa shape index (κ1) is 13.8. The van der Waals surface area contributed by atoms with Crippen molar-refractivity contribution in [2.24, 2.45) is 7.05 Å². The second-order valence-electron chi connectivity index (χ2n) is 4.87. The molecule has 1 atom stereocenters. The lowest BCUT2D eigenvalue weighted by Gasteiger charge is -2.18. The molecular weight excluding hydrogens is 234 g/mol. The van der Waals surface area contributed by atoms with Gasteiger partial charge in [0.15, 0.2) is 0 Å². The fourth-order valence-electron chi connectivity index (χ4n) is 2.42. The van der Waals surface area contributed by atoms with Crippen molar-refractivity contribution in [1.82, 2.24) is 14.9 Å². The molecule has 0 fully saturated rings. The molecule has 0 aliphatic carbocycles. The van der Waals surface area contributed by atoms with Crippen LogP contribution in [0.2, 0.25) is 0 Å². The molecule has 3 heteroatoms. The van der Waals surface area contributed by atoms with Gasteiger partial charge in [-0.1, -0.05) is 37.3 Å². The van der Waals surface area contributed by atoms with Crippen molar-refractivity contribution >= 4 is 0 Å². The van der Waals surface area contributed by atoms with Crippen LogP contribution in [0, 0.1) is 0 Å². The standard InChI is InChI=1S/C16H23N3/c1-3-17-15(14-8-5-4-6-9-14)10-7-11-16-18-12-13-19(16)2/h4-6,8-9,12-13,15,17H,3,7,10-11H2,1-2H3. The van der Waals surface area contributed by atoms with Crippen molar-refractivity contribution in [2.45, 2.75) is 32.2 Å². The summed E-state index contributed by atoms with van der Waals surface area (Å²) >= 11 is 0. The third-order valence-electron chi connectivity index (χ3n) is 3.47. The summed E-state index contributed by atoms with van der Waals surface area (Å²) in [5, 5.41) is 3.57. The number of nitrogens with zero attached hydrogens (tertiary/aromatic N) is 2. The number of aryl methyl sites for hydroxylation is 2. The zero-order chi connectivity index (χ0) is 13.5. The molecule has 0 aliphatic rings. The minimum atomic E-state index is 0.450. The van der Waals surface area contributed by atoms with Crippen LogP contribution in [-0.4, -0.2) is 16.1 Å². The Balaban J connectivity index is 1.89. The number of hydrogen-bond donors (Lipinski definition) is 1. The molecule has 1 aromatic carbocycles. The van der Waals surface area contributed by atoms with E-state index in [1.165, 1.54) is 11.4 Å². The molecule has 0 amide bonds. The predicted molar refractivity (Wildman–Crippen MR) is 79.0 cm³/mol. The molecule has 0 saturated carbocycles. The quantitative estimate of drug-likeness (QED) is 0.826. The van der Waals surface area contributed by atoms with E-state index in [0.717, 1.165) is 25.8 Å². The first-order chi connectivity index (χ1) is 9.31. The van der Waals surface area contributed by atoms with Crippen LogP contribution in [0.15, 0.2) is 42.7 Å². The lowest BCUT2D eigenvalue weighted by Crippen LogP contribution is -2.21. The number of aromatic nitrogens is 2. The molecule has 0 saturated heterocycles. The molecule has 0 bridgehead atoms. The number of nitrogens with one attached hydrogen (secondary N) is 1. The van der Waals surface area contributed by atoms with Crippen LogP contribution in [-0.2, 0) is 13.5 Å². The molecule has 19 heavy (non-hydrogen) atoms. The Morgan fingerprint density at radius 1 is 1.26 bits per heavy atom. The Morgan fingerprint density at radius 3 is 2.68 bits per heavy atom. The highest BCUT2D eigenvalue weighted by Gasteiger charge is 2.10. The van der Waals surface area contributed by atoms with Crippen LogP contribution in [0.3, 0.4) is 0 Å². The largest absolute Gasteiger partial charge is 0.338 e. The van der Waals surface area contributed by atoms with Gasteiger partial charge in [-0.3, -0.25) is 0 Å². The van der Waals surface area contributed by atoms with E-state index >= 15 is 0 Å². The van der Waals surface area contributed by atoms with Crippen LogP contribution >= 0.6 is 0 Å². The lowest BCUT2D eigenvalue weighted by molar-refractivity contribution is 0.493. The van der Waals surface area contributed by atoms with Gasteiger partial charge >= 0.3 is 0 Å². The Hall–Kier alpha value is -1.61. The summed E-state index contributed by atoms with van der Waals surface area (Å²) in [6, 6.07) is 11.1. The van der Waals surface area contributed by atoms with Crippen molar-refractivity contribution in [1.29, 1.82) is 0 Å². The average Bonchev–Trinajstić information content (AvgIpc) is 2.84. The molecule has 0 spiro atoms. The van der Waals surface area contributed by atoms with Gasteiger partial charge in [0.05, 0.1) is 0 Å². The summed E-state index contributed by atoms with van der Waals surface area (Å²) in [6.07, 6.45) is 7.21. The Bertz CT molecular complexity index is 476. The van der Waals surface area contributed by atoms with Crippen LogP contribution < -0.4 is 5.32 Å². The van der Waals surface area contributed by atoms with Crippen molar-refractivity contribution in [3.8, 4) is 0 Å². The fourth-order valence-corrected chi connectivity index (χ4v) is 2.42. The molecule has 102 valence electrons. The maximum absolute atomic E-state index is 4.37. The highest BCUT2D eigenvalue weighted by molar-refractivity contribution is 5.18. The van der Waals surface area contributed by atoms with Crippen LogP contribution in [0.4, 0.5) is 0 Å². The van der Waals surface area contributed by atoms with E-state index in [9.17, 15) is 0 Å². The van der Waals surface area contributed by atoms with Gasteiger partial charge in [0, 0.05) is 31.9 Å². The van der Waals surface area contributed by atoms with Crippen molar-refractivity contribution in [3.05, 3.63) is 54.1 Å². The van der Waals surface area contributed by atoms with E-state index in [4.69, 9.17) is 0 Å². The molecule has 1 N–H and O–H groups in total. The Labute approximate surface area is 115 Å². The number of rotatable bonds is 7. The summed E-state index contributed by atoms with van der Waals surface area (Å²) in [6.45, 7) is 3.16. The van der Waals surface area contributed by atoms with Gasteiger partial charge in [-0.25, -0.2) is 4.98 Å². The van der Waals surface area contributed by atoms with Crippen molar-refractivity contribution in [2.75, 3.05) is 6.54 Å². The SMILES string of the molecule is CCNC(CCCc1nccn1C)c1ccccc1. The van der Waals surface area contributed by atoms with E-state index in [1.807, 2.05) is 12.4 Å². The number of imidazole rings is 1. The second kappa shape index (κ2) is 7.10. The van der Waals surface area contributed by atoms with E-state index in [-0.39, 0.29) is 0 Å². The first-order valence-electron chi connectivity index (χ1n) is 7.05. The van der Waals surface area contributed by atoms with E-state index in [1.54, 1.807) is 0 Å². The Morgan fingerprint density at radius 2 is 2.05 bits per heavy atom. The highest BCUT2D eigenvalue weighted by Crippen LogP contribution is 2.19. The third kappa shape index (κ3) is 3.93. The molecule has 1 heterocycles. The van der Waals surface area contributed by atoms with Crippen LogP contribution in [0.5, 0.6) is 0 Å². The van der Waals surface area contributed by atoms with Gasteiger partial charge < -0.3 is 9.88 Å². The summed E-state index contributed by atoms with van der Waals surface area (Å²) < 4.78 is 2.10. The maximum Gasteiger partial charge on any atom is 0.108 e. The van der Waals surface area contributed by atoms with Gasteiger partial charge in [0.1, 0.15) is 5.82 Å². The van der Waals surface area contributed by atoms with Gasteiger partial charge in [0.25, 0.3) is 0 Å². The van der Waals surface area contributed by atoms with E-state index in [0.29, 0.717) is 6.04 Å². The summed E-state index contributed by atoms with van der Waals surface area (Å²) in [4.78, 5) is 4.37. The molecule has 0 aliphatic heterocycles. The monoisotopic (exact) mass is 257 g/mol. The smallest absolute Gasteiger partial charge is 0.108 e. The fraction of sp³-hybridized carbons (Fsp3) is 0.438. The van der Waals surface area contributed by atoms with Gasteiger partial charge in [-0.05, 0) is 24.9 Å². The van der Waals surface area contributed by atoms with Crippen molar-refractivity contribution in [3.63, 3.8) is 0 Å². The summed E-state index contributed by atoms with van der Waals surface area (Å²) in [7, 11) is 2.06. The normalized spacial score (nSPS) is 12.5. The second-order valence-corrected chi connectivity index (χ2v) is 4.87. The topological polar surface area (TPSA) is 29.9 Å². The summed E-state index contributed by atoms with van der Waals surface area (Å²) in [5.74, 6) is 1.17. The lowest BCUT2D eigenvalue weighted by atomic mass is 10.0. The van der Waals surface area contributed by atoms with Crippen LogP contribution in [0.1, 0.15) is 37.2 Å². The summed E-state index contributed by atoms with van der Waals surface area (Å²) in [5.41, 5.74) is 1.38. The molecule has 1 aromatic heterocycles. The molecule has 0 radical (unpaired) electrons. The van der Waals surface area contributed by atoms with Crippen LogP contribution in [0.25, 0.3) is 0 Å². The molecular formula is C16H23N3. The first-order valence-corrected chi connectivity index (χ1v) is 7.05. The maximum atomic E-state index is 4.37. The minimum absolute atomic E-state index is 0.450. The molecule has 2 rings (SSSR count). The molecule has 1 unspecified atom stereocenters. The van der Waals surface area contributed by atoms with E-state index < -0.39 is 0 Å². The third-order valence-corrected chi connectivity index (χ3v) is 3.47.